The standard InChI is InChI=1S/C33H31N3O5S/c1-23(2)22-40-29-15-14-24(18-30(29)38-3)19-31-32(37)36(21-28-13-8-16-39-28)33(42-31)35-34-20-25-9-7-12-27(17-25)41-26-10-5-4-6-11-26/h4-20,23H,21-22H2,1-3H3/b31-19-,34-20-,35-33+. The maximum absolute atomic E-state index is 13.5. The van der Waals surface area contributed by atoms with Gasteiger partial charge < -0.3 is 18.6 Å². The van der Waals surface area contributed by atoms with E-state index < -0.39 is 0 Å². The van der Waals surface area contributed by atoms with Gasteiger partial charge in [0.1, 0.15) is 17.3 Å². The van der Waals surface area contributed by atoms with E-state index in [9.17, 15) is 4.79 Å². The largest absolute Gasteiger partial charge is 0.493 e. The van der Waals surface area contributed by atoms with E-state index in [1.165, 1.54) is 11.8 Å². The second-order valence-electron chi connectivity index (χ2n) is 9.81. The summed E-state index contributed by atoms with van der Waals surface area (Å²) >= 11 is 1.25. The molecule has 5 rings (SSSR count). The Balaban J connectivity index is 1.37. The topological polar surface area (TPSA) is 85.9 Å². The lowest BCUT2D eigenvalue weighted by atomic mass is 10.1. The summed E-state index contributed by atoms with van der Waals surface area (Å²) in [7, 11) is 1.60. The Morgan fingerprint density at radius 3 is 2.52 bits per heavy atom. The number of amides is 1. The van der Waals surface area contributed by atoms with Gasteiger partial charge in [0.15, 0.2) is 16.7 Å². The van der Waals surface area contributed by atoms with Crippen molar-refractivity contribution in [1.82, 2.24) is 4.90 Å². The van der Waals surface area contributed by atoms with Crippen LogP contribution in [-0.4, -0.2) is 35.9 Å². The Labute approximate surface area is 249 Å². The monoisotopic (exact) mass is 581 g/mol. The Hall–Kier alpha value is -4.76. The number of carbonyl (C=O) groups excluding carboxylic acids is 1. The fraction of sp³-hybridized carbons (Fsp3) is 0.182. The van der Waals surface area contributed by atoms with Crippen LogP contribution in [-0.2, 0) is 11.3 Å². The summed E-state index contributed by atoms with van der Waals surface area (Å²) < 4.78 is 22.8. The lowest BCUT2D eigenvalue weighted by Crippen LogP contribution is -2.28. The Kier molecular flexibility index (Phi) is 9.41. The van der Waals surface area contributed by atoms with Gasteiger partial charge in [-0.1, -0.05) is 50.2 Å². The minimum absolute atomic E-state index is 0.192. The molecule has 42 heavy (non-hydrogen) atoms. The zero-order valence-electron chi connectivity index (χ0n) is 23.6. The van der Waals surface area contributed by atoms with E-state index in [-0.39, 0.29) is 12.5 Å². The molecule has 0 unspecified atom stereocenters. The highest BCUT2D eigenvalue weighted by Gasteiger charge is 2.34. The molecule has 1 aromatic heterocycles. The smallest absolute Gasteiger partial charge is 0.267 e. The zero-order valence-corrected chi connectivity index (χ0v) is 24.4. The van der Waals surface area contributed by atoms with Crippen molar-refractivity contribution in [1.29, 1.82) is 0 Å². The molecule has 0 bridgehead atoms. The number of benzene rings is 3. The minimum atomic E-state index is -0.192. The van der Waals surface area contributed by atoms with Gasteiger partial charge in [-0.3, -0.25) is 9.69 Å². The molecule has 0 radical (unpaired) electrons. The van der Waals surface area contributed by atoms with Crippen LogP contribution in [0.4, 0.5) is 0 Å². The quantitative estimate of drug-likeness (QED) is 0.103. The molecule has 1 amide bonds. The fourth-order valence-corrected chi connectivity index (χ4v) is 4.94. The van der Waals surface area contributed by atoms with Crippen LogP contribution in [0.2, 0.25) is 0 Å². The summed E-state index contributed by atoms with van der Waals surface area (Å²) in [5.74, 6) is 3.53. The molecule has 0 saturated carbocycles. The number of carbonyl (C=O) groups is 1. The molecule has 1 aliphatic heterocycles. The molecule has 1 fully saturated rings. The molecule has 8 nitrogen and oxygen atoms in total. The Morgan fingerprint density at radius 1 is 0.929 bits per heavy atom. The third-order valence-corrected chi connectivity index (χ3v) is 7.02. The number of methoxy groups -OCH3 is 1. The summed E-state index contributed by atoms with van der Waals surface area (Å²) in [6, 6.07) is 26.3. The summed E-state index contributed by atoms with van der Waals surface area (Å²) in [5, 5.41) is 9.15. The van der Waals surface area contributed by atoms with Crippen molar-refractivity contribution in [2.45, 2.75) is 20.4 Å². The zero-order chi connectivity index (χ0) is 29.3. The van der Waals surface area contributed by atoms with Crippen molar-refractivity contribution in [2.75, 3.05) is 13.7 Å². The third kappa shape index (κ3) is 7.50. The first-order chi connectivity index (χ1) is 20.5. The van der Waals surface area contributed by atoms with E-state index in [1.807, 2.05) is 84.9 Å². The van der Waals surface area contributed by atoms with Crippen molar-refractivity contribution in [3.63, 3.8) is 0 Å². The second kappa shape index (κ2) is 13.7. The number of rotatable bonds is 11. The van der Waals surface area contributed by atoms with E-state index >= 15 is 0 Å². The van der Waals surface area contributed by atoms with Crippen LogP contribution in [0.5, 0.6) is 23.0 Å². The molecule has 3 aromatic carbocycles. The van der Waals surface area contributed by atoms with Gasteiger partial charge in [0, 0.05) is 0 Å². The predicted molar refractivity (Wildman–Crippen MR) is 166 cm³/mol. The van der Waals surface area contributed by atoms with Crippen molar-refractivity contribution in [3.05, 3.63) is 113 Å². The van der Waals surface area contributed by atoms with Gasteiger partial charge in [0.2, 0.25) is 0 Å². The van der Waals surface area contributed by atoms with Gasteiger partial charge in [0.25, 0.3) is 5.91 Å². The molecule has 1 aliphatic rings. The van der Waals surface area contributed by atoms with Crippen LogP contribution >= 0.6 is 11.8 Å². The highest BCUT2D eigenvalue weighted by Crippen LogP contribution is 2.36. The molecule has 0 spiro atoms. The third-order valence-electron chi connectivity index (χ3n) is 6.03. The molecule has 4 aromatic rings. The van der Waals surface area contributed by atoms with Crippen LogP contribution in [0, 0.1) is 5.92 Å². The minimum Gasteiger partial charge on any atom is -0.493 e. The van der Waals surface area contributed by atoms with Gasteiger partial charge in [-0.25, -0.2) is 0 Å². The number of furan rings is 1. The molecule has 0 atom stereocenters. The van der Waals surface area contributed by atoms with Crippen molar-refractivity contribution in [2.24, 2.45) is 16.1 Å². The molecule has 0 aliphatic carbocycles. The fourth-order valence-electron chi connectivity index (χ4n) is 4.01. The molecular formula is C33H31N3O5S. The van der Waals surface area contributed by atoms with Crippen LogP contribution < -0.4 is 14.2 Å². The van der Waals surface area contributed by atoms with Gasteiger partial charge in [0.05, 0.1) is 37.6 Å². The number of ether oxygens (including phenoxy) is 3. The van der Waals surface area contributed by atoms with E-state index in [0.717, 1.165) is 16.9 Å². The van der Waals surface area contributed by atoms with Crippen LogP contribution in [0.15, 0.2) is 111 Å². The van der Waals surface area contributed by atoms with Crippen LogP contribution in [0.3, 0.4) is 0 Å². The molecule has 2 heterocycles. The summed E-state index contributed by atoms with van der Waals surface area (Å²) in [5.41, 5.74) is 1.61. The number of amidine groups is 1. The van der Waals surface area contributed by atoms with Gasteiger partial charge in [-0.05, 0) is 83.4 Å². The summed E-state index contributed by atoms with van der Waals surface area (Å²) in [6.45, 7) is 4.99. The van der Waals surface area contributed by atoms with Gasteiger partial charge >= 0.3 is 0 Å². The molecular weight excluding hydrogens is 550 g/mol. The number of hydrogen-bond donors (Lipinski definition) is 0. The first-order valence-corrected chi connectivity index (χ1v) is 14.3. The van der Waals surface area contributed by atoms with Gasteiger partial charge in [-0.2, -0.15) is 5.10 Å². The van der Waals surface area contributed by atoms with E-state index in [2.05, 4.69) is 24.1 Å². The molecule has 9 heteroatoms. The lowest BCUT2D eigenvalue weighted by Gasteiger charge is -2.13. The van der Waals surface area contributed by atoms with E-state index in [1.54, 1.807) is 30.6 Å². The number of nitrogens with zero attached hydrogens (tertiary/aromatic N) is 3. The predicted octanol–water partition coefficient (Wildman–Crippen LogP) is 7.62. The maximum Gasteiger partial charge on any atom is 0.267 e. The number of hydrogen-bond acceptors (Lipinski definition) is 8. The highest BCUT2D eigenvalue weighted by atomic mass is 32.2. The molecule has 214 valence electrons. The SMILES string of the molecule is COc1cc(/C=C2\S/C(=N/N=C\c3cccc(Oc4ccccc4)c3)N(Cc3ccco3)C2=O)ccc1OCC(C)C. The first-order valence-electron chi connectivity index (χ1n) is 13.5. The van der Waals surface area contributed by atoms with Crippen LogP contribution in [0.1, 0.15) is 30.7 Å². The average Bonchev–Trinajstić information content (AvgIpc) is 3.61. The number of para-hydroxylation sites is 1. The van der Waals surface area contributed by atoms with Crippen molar-refractivity contribution >= 4 is 35.1 Å². The number of thioether (sulfide) groups is 1. The molecule has 1 saturated heterocycles. The Bertz CT molecular complexity index is 1600. The van der Waals surface area contributed by atoms with E-state index in [0.29, 0.717) is 45.6 Å². The van der Waals surface area contributed by atoms with Gasteiger partial charge in [-0.15, -0.1) is 5.10 Å². The van der Waals surface area contributed by atoms with Crippen molar-refractivity contribution in [3.8, 4) is 23.0 Å². The second-order valence-corrected chi connectivity index (χ2v) is 10.8. The summed E-state index contributed by atoms with van der Waals surface area (Å²) in [6.07, 6.45) is 5.02. The summed E-state index contributed by atoms with van der Waals surface area (Å²) in [4.78, 5) is 15.5. The lowest BCUT2D eigenvalue weighted by molar-refractivity contribution is -0.122. The normalized spacial score (nSPS) is 15.3. The van der Waals surface area contributed by atoms with Crippen molar-refractivity contribution < 1.29 is 23.4 Å². The molecule has 0 N–H and O–H groups in total. The maximum atomic E-state index is 13.5. The first kappa shape index (κ1) is 28.8. The van der Waals surface area contributed by atoms with Crippen LogP contribution in [0.25, 0.3) is 6.08 Å². The average molecular weight is 582 g/mol. The van der Waals surface area contributed by atoms with E-state index in [4.69, 9.17) is 18.6 Å². The Morgan fingerprint density at radius 2 is 1.76 bits per heavy atom. The highest BCUT2D eigenvalue weighted by molar-refractivity contribution is 8.18.